The van der Waals surface area contributed by atoms with E-state index in [1.54, 1.807) is 0 Å². The standard InChI is InChI=1S/C16H20N2S2/c1-2-5-15(6-3-1)7-8-16(19-11-4-12-20-16)13-18-10-9-17-14-18/h1-3,5-6,9-10,14H,4,7-8,11-13H2. The molecular weight excluding hydrogens is 284 g/mol. The zero-order valence-electron chi connectivity index (χ0n) is 11.6. The summed E-state index contributed by atoms with van der Waals surface area (Å²) in [6.07, 6.45) is 9.63. The Labute approximate surface area is 129 Å². The van der Waals surface area contributed by atoms with Crippen LogP contribution >= 0.6 is 23.5 Å². The molecule has 0 radical (unpaired) electrons. The third kappa shape index (κ3) is 3.61. The predicted molar refractivity (Wildman–Crippen MR) is 89.3 cm³/mol. The molecule has 2 heterocycles. The van der Waals surface area contributed by atoms with Crippen LogP contribution < -0.4 is 0 Å². The topological polar surface area (TPSA) is 17.8 Å². The van der Waals surface area contributed by atoms with E-state index in [1.807, 2.05) is 12.5 Å². The lowest BCUT2D eigenvalue weighted by atomic mass is 10.1. The molecule has 1 fully saturated rings. The van der Waals surface area contributed by atoms with Crippen molar-refractivity contribution in [2.75, 3.05) is 11.5 Å². The molecule has 0 unspecified atom stereocenters. The third-order valence-corrected chi connectivity index (χ3v) is 7.05. The van der Waals surface area contributed by atoms with Gasteiger partial charge in [-0.15, -0.1) is 23.5 Å². The fraction of sp³-hybridized carbons (Fsp3) is 0.438. The summed E-state index contributed by atoms with van der Waals surface area (Å²) in [6.45, 7) is 1.06. The van der Waals surface area contributed by atoms with Gasteiger partial charge in [-0.3, -0.25) is 0 Å². The average molecular weight is 304 g/mol. The van der Waals surface area contributed by atoms with Crippen molar-refractivity contribution >= 4 is 23.5 Å². The van der Waals surface area contributed by atoms with Gasteiger partial charge in [-0.2, -0.15) is 0 Å². The van der Waals surface area contributed by atoms with Crippen LogP contribution in [-0.4, -0.2) is 25.1 Å². The summed E-state index contributed by atoms with van der Waals surface area (Å²) in [7, 11) is 0. The van der Waals surface area contributed by atoms with E-state index in [9.17, 15) is 0 Å². The van der Waals surface area contributed by atoms with E-state index in [1.165, 1.54) is 29.9 Å². The van der Waals surface area contributed by atoms with Crippen molar-refractivity contribution in [3.63, 3.8) is 0 Å². The molecule has 1 aromatic heterocycles. The Morgan fingerprint density at radius 2 is 1.95 bits per heavy atom. The molecule has 1 saturated heterocycles. The maximum absolute atomic E-state index is 4.18. The minimum atomic E-state index is 0.314. The quantitative estimate of drug-likeness (QED) is 0.829. The van der Waals surface area contributed by atoms with E-state index in [0.717, 1.165) is 13.0 Å². The zero-order chi connectivity index (χ0) is 13.7. The summed E-state index contributed by atoms with van der Waals surface area (Å²) in [4.78, 5) is 4.18. The number of imidazole rings is 1. The van der Waals surface area contributed by atoms with Crippen LogP contribution in [0.1, 0.15) is 18.4 Å². The molecular formula is C16H20N2S2. The van der Waals surface area contributed by atoms with Gasteiger partial charge in [-0.25, -0.2) is 4.98 Å². The Bertz CT molecular complexity index is 505. The molecule has 106 valence electrons. The second-order valence-electron chi connectivity index (χ2n) is 5.18. The van der Waals surface area contributed by atoms with Crippen LogP contribution in [0.4, 0.5) is 0 Å². The predicted octanol–water partition coefficient (Wildman–Crippen LogP) is 4.08. The van der Waals surface area contributed by atoms with Crippen molar-refractivity contribution in [3.05, 3.63) is 54.6 Å². The zero-order valence-corrected chi connectivity index (χ0v) is 13.2. The van der Waals surface area contributed by atoms with Gasteiger partial charge in [0.05, 0.1) is 10.4 Å². The normalized spacial score (nSPS) is 18.0. The van der Waals surface area contributed by atoms with Gasteiger partial charge in [0.1, 0.15) is 0 Å². The SMILES string of the molecule is c1ccc(CCC2(Cn3ccnc3)SCCCS2)cc1. The van der Waals surface area contributed by atoms with E-state index in [0.29, 0.717) is 4.08 Å². The van der Waals surface area contributed by atoms with Crippen LogP contribution in [0.25, 0.3) is 0 Å². The Hall–Kier alpha value is -0.870. The van der Waals surface area contributed by atoms with Crippen molar-refractivity contribution < 1.29 is 0 Å². The molecule has 0 aliphatic carbocycles. The molecule has 20 heavy (non-hydrogen) atoms. The van der Waals surface area contributed by atoms with E-state index in [2.05, 4.69) is 69.6 Å². The van der Waals surface area contributed by atoms with E-state index in [-0.39, 0.29) is 0 Å². The average Bonchev–Trinajstić information content (AvgIpc) is 3.00. The molecule has 1 aliphatic heterocycles. The monoisotopic (exact) mass is 304 g/mol. The van der Waals surface area contributed by atoms with Crippen molar-refractivity contribution in [2.24, 2.45) is 0 Å². The van der Waals surface area contributed by atoms with Gasteiger partial charge in [-0.1, -0.05) is 30.3 Å². The third-order valence-electron chi connectivity index (χ3n) is 3.64. The fourth-order valence-electron chi connectivity index (χ4n) is 2.57. The lowest BCUT2D eigenvalue weighted by Crippen LogP contribution is -2.31. The second kappa shape index (κ2) is 6.72. The highest BCUT2D eigenvalue weighted by Gasteiger charge is 2.33. The van der Waals surface area contributed by atoms with Gasteiger partial charge in [0.25, 0.3) is 0 Å². The number of aryl methyl sites for hydroxylation is 1. The van der Waals surface area contributed by atoms with Crippen molar-refractivity contribution in [3.8, 4) is 0 Å². The highest BCUT2D eigenvalue weighted by molar-refractivity contribution is 8.18. The Morgan fingerprint density at radius 1 is 1.15 bits per heavy atom. The first kappa shape index (κ1) is 14.1. The van der Waals surface area contributed by atoms with Crippen molar-refractivity contribution in [2.45, 2.75) is 29.9 Å². The van der Waals surface area contributed by atoms with Crippen LogP contribution in [0, 0.1) is 0 Å². The van der Waals surface area contributed by atoms with E-state index < -0.39 is 0 Å². The summed E-state index contributed by atoms with van der Waals surface area (Å²) in [5.74, 6) is 2.58. The molecule has 0 saturated carbocycles. The number of thioether (sulfide) groups is 2. The maximum Gasteiger partial charge on any atom is 0.0946 e. The number of rotatable bonds is 5. The molecule has 1 aliphatic rings. The maximum atomic E-state index is 4.18. The first-order chi connectivity index (χ1) is 9.86. The number of nitrogens with zero attached hydrogens (tertiary/aromatic N) is 2. The smallest absolute Gasteiger partial charge is 0.0946 e. The van der Waals surface area contributed by atoms with Gasteiger partial charge >= 0.3 is 0 Å². The van der Waals surface area contributed by atoms with Gasteiger partial charge in [0, 0.05) is 18.9 Å². The molecule has 0 amide bonds. The van der Waals surface area contributed by atoms with Gasteiger partial charge in [0.15, 0.2) is 0 Å². The van der Waals surface area contributed by atoms with Crippen LogP contribution in [-0.2, 0) is 13.0 Å². The van der Waals surface area contributed by atoms with Gasteiger partial charge in [0.2, 0.25) is 0 Å². The summed E-state index contributed by atoms with van der Waals surface area (Å²) in [5, 5.41) is 0. The highest BCUT2D eigenvalue weighted by Crippen LogP contribution is 2.46. The molecule has 0 bridgehead atoms. The Kier molecular flexibility index (Phi) is 4.73. The molecule has 2 aromatic rings. The molecule has 3 rings (SSSR count). The number of hydrogen-bond donors (Lipinski definition) is 0. The first-order valence-electron chi connectivity index (χ1n) is 7.14. The fourth-order valence-corrected chi connectivity index (χ4v) is 5.88. The summed E-state index contributed by atoms with van der Waals surface area (Å²) in [6, 6.07) is 10.8. The second-order valence-corrected chi connectivity index (χ2v) is 8.40. The minimum Gasteiger partial charge on any atom is -0.335 e. The lowest BCUT2D eigenvalue weighted by molar-refractivity contribution is 0.586. The van der Waals surface area contributed by atoms with Crippen LogP contribution in [0.3, 0.4) is 0 Å². The molecule has 2 nitrogen and oxygen atoms in total. The van der Waals surface area contributed by atoms with E-state index >= 15 is 0 Å². The molecule has 0 spiro atoms. The Morgan fingerprint density at radius 3 is 2.65 bits per heavy atom. The van der Waals surface area contributed by atoms with Crippen LogP contribution in [0.2, 0.25) is 0 Å². The van der Waals surface area contributed by atoms with Crippen LogP contribution in [0.15, 0.2) is 49.1 Å². The lowest BCUT2D eigenvalue weighted by Gasteiger charge is -2.36. The molecule has 0 N–H and O–H groups in total. The number of hydrogen-bond acceptors (Lipinski definition) is 3. The van der Waals surface area contributed by atoms with Crippen molar-refractivity contribution in [1.82, 2.24) is 9.55 Å². The van der Waals surface area contributed by atoms with Crippen molar-refractivity contribution in [1.29, 1.82) is 0 Å². The molecule has 0 atom stereocenters. The Balaban J connectivity index is 1.69. The summed E-state index contributed by atoms with van der Waals surface area (Å²) < 4.78 is 2.55. The number of aromatic nitrogens is 2. The van der Waals surface area contributed by atoms with Crippen LogP contribution in [0.5, 0.6) is 0 Å². The van der Waals surface area contributed by atoms with E-state index in [4.69, 9.17) is 0 Å². The minimum absolute atomic E-state index is 0.314. The molecule has 4 heteroatoms. The molecule has 1 aromatic carbocycles. The van der Waals surface area contributed by atoms with Gasteiger partial charge in [-0.05, 0) is 36.3 Å². The summed E-state index contributed by atoms with van der Waals surface area (Å²) in [5.41, 5.74) is 1.45. The summed E-state index contributed by atoms with van der Waals surface area (Å²) >= 11 is 4.28. The first-order valence-corrected chi connectivity index (χ1v) is 9.11. The largest absolute Gasteiger partial charge is 0.335 e. The number of benzene rings is 1. The highest BCUT2D eigenvalue weighted by atomic mass is 32.2. The van der Waals surface area contributed by atoms with Gasteiger partial charge < -0.3 is 4.57 Å².